The minimum absolute atomic E-state index is 0.242. The monoisotopic (exact) mass is 413 g/mol. The molecule has 0 radical (unpaired) electrons. The molecule has 8 nitrogen and oxygen atoms in total. The van der Waals surface area contributed by atoms with Crippen LogP contribution in [0.5, 0.6) is 0 Å². The number of hydrogen-bond acceptors (Lipinski definition) is 6. The first-order valence-electron chi connectivity index (χ1n) is 9.72. The fourth-order valence-electron chi connectivity index (χ4n) is 4.09. The number of urea groups is 1. The second-order valence-electron chi connectivity index (χ2n) is 7.46. The second kappa shape index (κ2) is 7.90. The fraction of sp³-hybridized carbons (Fsp3) is 0.450. The standard InChI is InChI=1S/C20H23N5O3S/c1-24-19(28)25(18(27)20(24)7-3-2-4-8-20)12-16(26)22-11-17-23-15(13-29-17)14-5-9-21-10-6-14/h5-6,9-10,13H,2-4,7-8,11-12H2,1H3,(H,22,26). The summed E-state index contributed by atoms with van der Waals surface area (Å²) in [4.78, 5) is 49.1. The number of likely N-dealkylation sites (N-methyl/N-ethyl adjacent to an activating group) is 1. The molecule has 3 heterocycles. The van der Waals surface area contributed by atoms with E-state index >= 15 is 0 Å². The van der Waals surface area contributed by atoms with Gasteiger partial charge >= 0.3 is 6.03 Å². The number of aromatic nitrogens is 2. The summed E-state index contributed by atoms with van der Waals surface area (Å²) in [5, 5.41) is 5.45. The number of nitrogens with zero attached hydrogens (tertiary/aromatic N) is 4. The maximum absolute atomic E-state index is 12.9. The molecule has 0 atom stereocenters. The molecular weight excluding hydrogens is 390 g/mol. The molecule has 1 saturated carbocycles. The molecule has 1 spiro atoms. The third kappa shape index (κ3) is 3.62. The smallest absolute Gasteiger partial charge is 0.327 e. The Balaban J connectivity index is 1.36. The number of rotatable bonds is 5. The summed E-state index contributed by atoms with van der Waals surface area (Å²) >= 11 is 1.45. The molecule has 1 N–H and O–H groups in total. The van der Waals surface area contributed by atoms with Crippen LogP contribution in [0.15, 0.2) is 29.9 Å². The molecule has 152 valence electrons. The van der Waals surface area contributed by atoms with Crippen LogP contribution in [-0.4, -0.2) is 56.7 Å². The molecule has 1 saturated heterocycles. The Hall–Kier alpha value is -2.81. The third-order valence-corrected chi connectivity index (χ3v) is 6.60. The first-order chi connectivity index (χ1) is 14.0. The Morgan fingerprint density at radius 1 is 1.21 bits per heavy atom. The highest BCUT2D eigenvalue weighted by Crippen LogP contribution is 2.39. The van der Waals surface area contributed by atoms with Crippen molar-refractivity contribution in [3.05, 3.63) is 34.9 Å². The van der Waals surface area contributed by atoms with Crippen molar-refractivity contribution in [2.24, 2.45) is 0 Å². The molecule has 1 aliphatic carbocycles. The van der Waals surface area contributed by atoms with Gasteiger partial charge in [0.2, 0.25) is 5.91 Å². The number of nitrogens with one attached hydrogen (secondary N) is 1. The van der Waals surface area contributed by atoms with Gasteiger partial charge in [-0.25, -0.2) is 9.78 Å². The first kappa shape index (κ1) is 19.5. The number of carbonyl (C=O) groups excluding carboxylic acids is 3. The van der Waals surface area contributed by atoms with Gasteiger partial charge in [-0.05, 0) is 25.0 Å². The molecule has 2 fully saturated rings. The lowest BCUT2D eigenvalue weighted by atomic mass is 9.81. The van der Waals surface area contributed by atoms with Gasteiger partial charge in [-0.15, -0.1) is 11.3 Å². The van der Waals surface area contributed by atoms with Crippen molar-refractivity contribution in [1.29, 1.82) is 0 Å². The average Bonchev–Trinajstić information content (AvgIpc) is 3.29. The zero-order valence-electron chi connectivity index (χ0n) is 16.3. The maximum Gasteiger partial charge on any atom is 0.327 e. The topological polar surface area (TPSA) is 95.5 Å². The summed E-state index contributed by atoms with van der Waals surface area (Å²) in [6, 6.07) is 3.36. The van der Waals surface area contributed by atoms with Crippen LogP contribution < -0.4 is 5.32 Å². The molecule has 4 rings (SSSR count). The molecular formula is C20H23N5O3S. The van der Waals surface area contributed by atoms with Gasteiger partial charge in [-0.3, -0.25) is 19.5 Å². The lowest BCUT2D eigenvalue weighted by molar-refractivity contribution is -0.137. The summed E-state index contributed by atoms with van der Waals surface area (Å²) < 4.78 is 0. The van der Waals surface area contributed by atoms with Crippen molar-refractivity contribution in [2.45, 2.75) is 44.2 Å². The van der Waals surface area contributed by atoms with Gasteiger partial charge in [0.1, 0.15) is 17.1 Å². The molecule has 9 heteroatoms. The summed E-state index contributed by atoms with van der Waals surface area (Å²) in [7, 11) is 1.67. The van der Waals surface area contributed by atoms with Crippen LogP contribution in [0.2, 0.25) is 0 Å². The molecule has 2 aromatic rings. The summed E-state index contributed by atoms with van der Waals surface area (Å²) in [5.41, 5.74) is 1.03. The van der Waals surface area contributed by atoms with Gasteiger partial charge in [0, 0.05) is 30.4 Å². The normalized spacial score (nSPS) is 18.5. The van der Waals surface area contributed by atoms with E-state index in [4.69, 9.17) is 0 Å². The molecule has 0 bridgehead atoms. The zero-order chi connectivity index (χ0) is 20.4. The average molecular weight is 414 g/mol. The molecule has 0 aromatic carbocycles. The Morgan fingerprint density at radius 2 is 1.93 bits per heavy atom. The lowest BCUT2D eigenvalue weighted by Gasteiger charge is -2.35. The summed E-state index contributed by atoms with van der Waals surface area (Å²) in [5.74, 6) is -0.609. The minimum Gasteiger partial charge on any atom is -0.348 e. The lowest BCUT2D eigenvalue weighted by Crippen LogP contribution is -2.49. The molecule has 29 heavy (non-hydrogen) atoms. The largest absolute Gasteiger partial charge is 0.348 e. The van der Waals surface area contributed by atoms with Gasteiger partial charge in [-0.1, -0.05) is 19.3 Å². The van der Waals surface area contributed by atoms with Crippen LogP contribution in [0.3, 0.4) is 0 Å². The van der Waals surface area contributed by atoms with E-state index in [1.165, 1.54) is 16.2 Å². The van der Waals surface area contributed by atoms with E-state index in [1.807, 2.05) is 17.5 Å². The van der Waals surface area contributed by atoms with Crippen molar-refractivity contribution in [3.63, 3.8) is 0 Å². The highest BCUT2D eigenvalue weighted by atomic mass is 32.1. The van der Waals surface area contributed by atoms with Crippen LogP contribution >= 0.6 is 11.3 Å². The van der Waals surface area contributed by atoms with Crippen molar-refractivity contribution in [3.8, 4) is 11.3 Å². The van der Waals surface area contributed by atoms with E-state index < -0.39 is 5.54 Å². The predicted molar refractivity (Wildman–Crippen MR) is 108 cm³/mol. The quantitative estimate of drug-likeness (QED) is 0.760. The van der Waals surface area contributed by atoms with E-state index in [9.17, 15) is 14.4 Å². The van der Waals surface area contributed by atoms with Gasteiger partial charge in [0.25, 0.3) is 5.91 Å². The van der Waals surface area contributed by atoms with E-state index in [0.717, 1.165) is 40.4 Å². The van der Waals surface area contributed by atoms with Gasteiger partial charge < -0.3 is 10.2 Å². The van der Waals surface area contributed by atoms with Crippen LogP contribution in [-0.2, 0) is 16.1 Å². The van der Waals surface area contributed by atoms with Crippen LogP contribution in [0, 0.1) is 0 Å². The molecule has 4 amide bonds. The van der Waals surface area contributed by atoms with E-state index in [0.29, 0.717) is 12.8 Å². The predicted octanol–water partition coefficient (Wildman–Crippen LogP) is 2.42. The third-order valence-electron chi connectivity index (χ3n) is 5.75. The Morgan fingerprint density at radius 3 is 2.66 bits per heavy atom. The van der Waals surface area contributed by atoms with Crippen LogP contribution in [0.4, 0.5) is 4.79 Å². The number of hydrogen-bond donors (Lipinski definition) is 1. The van der Waals surface area contributed by atoms with Crippen molar-refractivity contribution >= 4 is 29.2 Å². The van der Waals surface area contributed by atoms with E-state index in [1.54, 1.807) is 19.4 Å². The highest BCUT2D eigenvalue weighted by Gasteiger charge is 2.55. The van der Waals surface area contributed by atoms with Crippen LogP contribution in [0.25, 0.3) is 11.3 Å². The zero-order valence-corrected chi connectivity index (χ0v) is 17.1. The summed E-state index contributed by atoms with van der Waals surface area (Å²) in [6.45, 7) is -0.00185. The second-order valence-corrected chi connectivity index (χ2v) is 8.41. The van der Waals surface area contributed by atoms with Gasteiger partial charge in [0.15, 0.2) is 0 Å². The molecule has 2 aliphatic rings. The van der Waals surface area contributed by atoms with Gasteiger partial charge in [-0.2, -0.15) is 0 Å². The molecule has 0 unspecified atom stereocenters. The maximum atomic E-state index is 12.9. The number of carbonyl (C=O) groups is 3. The van der Waals surface area contributed by atoms with E-state index in [2.05, 4.69) is 15.3 Å². The Kier molecular flexibility index (Phi) is 5.31. The Bertz CT molecular complexity index is 923. The van der Waals surface area contributed by atoms with Crippen molar-refractivity contribution in [1.82, 2.24) is 25.1 Å². The highest BCUT2D eigenvalue weighted by molar-refractivity contribution is 7.09. The number of imide groups is 1. The molecule has 2 aromatic heterocycles. The van der Waals surface area contributed by atoms with Crippen molar-refractivity contribution in [2.75, 3.05) is 13.6 Å². The number of amides is 4. The Labute approximate surface area is 172 Å². The SMILES string of the molecule is CN1C(=O)N(CC(=O)NCc2nc(-c3ccncc3)cs2)C(=O)C12CCCCC2. The first-order valence-corrected chi connectivity index (χ1v) is 10.6. The van der Waals surface area contributed by atoms with Crippen molar-refractivity contribution < 1.29 is 14.4 Å². The number of pyridine rings is 1. The van der Waals surface area contributed by atoms with E-state index in [-0.39, 0.29) is 30.9 Å². The fourth-order valence-corrected chi connectivity index (χ4v) is 4.84. The van der Waals surface area contributed by atoms with Gasteiger partial charge in [0.05, 0.1) is 12.2 Å². The molecule has 1 aliphatic heterocycles. The minimum atomic E-state index is -0.760. The number of thiazole rings is 1. The summed E-state index contributed by atoms with van der Waals surface area (Å²) in [6.07, 6.45) is 7.67. The van der Waals surface area contributed by atoms with Crippen LogP contribution in [0.1, 0.15) is 37.1 Å².